The van der Waals surface area contributed by atoms with Gasteiger partial charge in [0.25, 0.3) is 5.69 Å². The number of aromatic nitrogens is 1. The number of nitro groups is 1. The highest BCUT2D eigenvalue weighted by atomic mass is 16.6. The molecule has 2 aromatic rings. The van der Waals surface area contributed by atoms with Gasteiger partial charge in [-0.05, 0) is 12.1 Å². The largest absolute Gasteiger partial charge is 0.444 e. The summed E-state index contributed by atoms with van der Waals surface area (Å²) in [5.41, 5.74) is 0.524. The van der Waals surface area contributed by atoms with Crippen LogP contribution in [0.1, 0.15) is 24.1 Å². The van der Waals surface area contributed by atoms with Crippen molar-refractivity contribution >= 4 is 11.4 Å². The summed E-state index contributed by atoms with van der Waals surface area (Å²) in [6, 6.07) is 6.08. The molecule has 0 radical (unpaired) electrons. The highest BCUT2D eigenvalue weighted by Crippen LogP contribution is 2.25. The van der Waals surface area contributed by atoms with E-state index in [1.165, 1.54) is 18.2 Å². The van der Waals surface area contributed by atoms with E-state index in [9.17, 15) is 10.1 Å². The number of hydrogen-bond donors (Lipinski definition) is 1. The first kappa shape index (κ1) is 13.5. The Morgan fingerprint density at radius 2 is 2.35 bits per heavy atom. The predicted octanol–water partition coefficient (Wildman–Crippen LogP) is 2.63. The molecule has 7 heteroatoms. The minimum Gasteiger partial charge on any atom is -0.444 e. The van der Waals surface area contributed by atoms with Crippen LogP contribution in [0.3, 0.4) is 0 Å². The molecule has 0 spiro atoms. The Kier molecular flexibility index (Phi) is 3.96. The lowest BCUT2D eigenvalue weighted by Gasteiger charge is -2.05. The normalized spacial score (nSPS) is 10.0. The average molecular weight is 272 g/mol. The molecule has 0 saturated heterocycles. The number of benzene rings is 1. The highest BCUT2D eigenvalue weighted by Gasteiger charge is 2.14. The second-order valence-electron chi connectivity index (χ2n) is 4.03. The Hall–Kier alpha value is -2.88. The monoisotopic (exact) mass is 272 g/mol. The van der Waals surface area contributed by atoms with Gasteiger partial charge < -0.3 is 9.73 Å². The quantitative estimate of drug-likeness (QED) is 0.662. The van der Waals surface area contributed by atoms with Gasteiger partial charge in [0.15, 0.2) is 0 Å². The van der Waals surface area contributed by atoms with Crippen molar-refractivity contribution in [2.45, 2.75) is 19.9 Å². The van der Waals surface area contributed by atoms with Crippen LogP contribution in [-0.2, 0) is 13.0 Å². The molecule has 0 fully saturated rings. The number of nitrogens with zero attached hydrogens (tertiary/aromatic N) is 3. The van der Waals surface area contributed by atoms with Crippen LogP contribution < -0.4 is 5.32 Å². The van der Waals surface area contributed by atoms with Gasteiger partial charge in [-0.15, -0.1) is 0 Å². The van der Waals surface area contributed by atoms with Crippen LogP contribution in [0.25, 0.3) is 0 Å². The Morgan fingerprint density at radius 1 is 1.55 bits per heavy atom. The third-order valence-electron chi connectivity index (χ3n) is 2.70. The molecule has 0 aliphatic heterocycles. The zero-order valence-corrected chi connectivity index (χ0v) is 10.8. The lowest BCUT2D eigenvalue weighted by Crippen LogP contribution is -2.03. The lowest BCUT2D eigenvalue weighted by atomic mass is 10.2. The van der Waals surface area contributed by atoms with Crippen LogP contribution in [0.15, 0.2) is 28.8 Å². The van der Waals surface area contributed by atoms with Crippen LogP contribution >= 0.6 is 0 Å². The molecule has 1 heterocycles. The SMILES string of the molecule is CCc1cnc(CNc2cc(C#N)ccc2[N+](=O)[O-])o1. The van der Waals surface area contributed by atoms with Crippen molar-refractivity contribution in [3.8, 4) is 6.07 Å². The van der Waals surface area contributed by atoms with E-state index >= 15 is 0 Å². The van der Waals surface area contributed by atoms with Gasteiger partial charge in [0.2, 0.25) is 5.89 Å². The van der Waals surface area contributed by atoms with Crippen molar-refractivity contribution in [3.63, 3.8) is 0 Å². The molecule has 1 N–H and O–H groups in total. The molecule has 1 aromatic carbocycles. The van der Waals surface area contributed by atoms with E-state index in [2.05, 4.69) is 10.3 Å². The molecule has 0 unspecified atom stereocenters. The fourth-order valence-electron chi connectivity index (χ4n) is 1.67. The summed E-state index contributed by atoms with van der Waals surface area (Å²) in [6.45, 7) is 2.16. The summed E-state index contributed by atoms with van der Waals surface area (Å²) in [7, 11) is 0. The van der Waals surface area contributed by atoms with Crippen LogP contribution in [-0.4, -0.2) is 9.91 Å². The van der Waals surface area contributed by atoms with Crippen molar-refractivity contribution in [3.05, 3.63) is 51.7 Å². The van der Waals surface area contributed by atoms with Gasteiger partial charge in [0, 0.05) is 12.5 Å². The van der Waals surface area contributed by atoms with Gasteiger partial charge in [-0.3, -0.25) is 10.1 Å². The molecule has 102 valence electrons. The Morgan fingerprint density at radius 3 is 2.95 bits per heavy atom. The second-order valence-corrected chi connectivity index (χ2v) is 4.03. The molecular weight excluding hydrogens is 260 g/mol. The first-order valence-corrected chi connectivity index (χ1v) is 6.00. The number of nitriles is 1. The molecule has 20 heavy (non-hydrogen) atoms. The topological polar surface area (TPSA) is 105 Å². The number of rotatable bonds is 5. The zero-order chi connectivity index (χ0) is 14.5. The summed E-state index contributed by atoms with van der Waals surface area (Å²) in [4.78, 5) is 14.5. The minimum absolute atomic E-state index is 0.0914. The minimum atomic E-state index is -0.503. The van der Waals surface area contributed by atoms with Gasteiger partial charge >= 0.3 is 0 Å². The Bertz CT molecular complexity index is 672. The van der Waals surface area contributed by atoms with Crippen molar-refractivity contribution in [2.75, 3.05) is 5.32 Å². The van der Waals surface area contributed by atoms with E-state index in [0.717, 1.165) is 12.2 Å². The molecule has 0 saturated carbocycles. The highest BCUT2D eigenvalue weighted by molar-refractivity contribution is 5.64. The van der Waals surface area contributed by atoms with Crippen molar-refractivity contribution < 1.29 is 9.34 Å². The molecule has 0 aliphatic rings. The Labute approximate surface area is 115 Å². The molecule has 0 amide bonds. The average Bonchev–Trinajstić information content (AvgIpc) is 2.92. The standard InChI is InChI=1S/C13H12N4O3/c1-2-10-7-16-13(20-10)8-15-11-5-9(6-14)3-4-12(11)17(18)19/h3-5,7,15H,2,8H2,1H3. The number of aryl methyl sites for hydroxylation is 1. The summed E-state index contributed by atoms with van der Waals surface area (Å²) >= 11 is 0. The first-order chi connectivity index (χ1) is 9.63. The van der Waals surface area contributed by atoms with Gasteiger partial charge in [-0.1, -0.05) is 6.92 Å². The predicted molar refractivity (Wildman–Crippen MR) is 71.0 cm³/mol. The van der Waals surface area contributed by atoms with Crippen LogP contribution in [0.5, 0.6) is 0 Å². The van der Waals surface area contributed by atoms with E-state index in [-0.39, 0.29) is 17.9 Å². The number of anilines is 1. The number of oxazole rings is 1. The first-order valence-electron chi connectivity index (χ1n) is 6.00. The van der Waals surface area contributed by atoms with Crippen LogP contribution in [0.4, 0.5) is 11.4 Å². The van der Waals surface area contributed by atoms with E-state index in [1.807, 2.05) is 13.0 Å². The van der Waals surface area contributed by atoms with E-state index in [0.29, 0.717) is 11.5 Å². The maximum absolute atomic E-state index is 10.9. The Balaban J connectivity index is 2.19. The second kappa shape index (κ2) is 5.84. The smallest absolute Gasteiger partial charge is 0.292 e. The fraction of sp³-hybridized carbons (Fsp3) is 0.231. The van der Waals surface area contributed by atoms with E-state index in [4.69, 9.17) is 9.68 Å². The van der Waals surface area contributed by atoms with Crippen LogP contribution in [0, 0.1) is 21.4 Å². The summed E-state index contributed by atoms with van der Waals surface area (Å²) < 4.78 is 5.40. The van der Waals surface area contributed by atoms with Gasteiger partial charge in [0.05, 0.1) is 29.3 Å². The molecule has 2 rings (SSSR count). The fourth-order valence-corrected chi connectivity index (χ4v) is 1.67. The maximum atomic E-state index is 10.9. The third kappa shape index (κ3) is 2.92. The van der Waals surface area contributed by atoms with Gasteiger partial charge in [-0.25, -0.2) is 4.98 Å². The molecular formula is C13H12N4O3. The maximum Gasteiger partial charge on any atom is 0.292 e. The van der Waals surface area contributed by atoms with Crippen molar-refractivity contribution in [2.24, 2.45) is 0 Å². The molecule has 0 atom stereocenters. The molecule has 1 aromatic heterocycles. The lowest BCUT2D eigenvalue weighted by molar-refractivity contribution is -0.384. The summed E-state index contributed by atoms with van der Waals surface area (Å²) in [5.74, 6) is 1.19. The van der Waals surface area contributed by atoms with Crippen LogP contribution in [0.2, 0.25) is 0 Å². The number of nitro benzene ring substituents is 1. The molecule has 7 nitrogen and oxygen atoms in total. The molecule has 0 bridgehead atoms. The van der Waals surface area contributed by atoms with Crippen molar-refractivity contribution in [1.82, 2.24) is 4.98 Å². The summed E-state index contributed by atoms with van der Waals surface area (Å²) in [6.07, 6.45) is 2.36. The third-order valence-corrected chi connectivity index (χ3v) is 2.70. The zero-order valence-electron chi connectivity index (χ0n) is 10.8. The van der Waals surface area contributed by atoms with E-state index in [1.54, 1.807) is 6.20 Å². The summed E-state index contributed by atoms with van der Waals surface area (Å²) in [5, 5.41) is 22.6. The van der Waals surface area contributed by atoms with Gasteiger partial charge in [-0.2, -0.15) is 5.26 Å². The molecule has 0 aliphatic carbocycles. The van der Waals surface area contributed by atoms with Gasteiger partial charge in [0.1, 0.15) is 11.4 Å². The van der Waals surface area contributed by atoms with E-state index < -0.39 is 4.92 Å². The number of hydrogen-bond acceptors (Lipinski definition) is 6. The number of nitrogens with one attached hydrogen (secondary N) is 1. The van der Waals surface area contributed by atoms with Crippen molar-refractivity contribution in [1.29, 1.82) is 5.26 Å².